The van der Waals surface area contributed by atoms with Crippen LogP contribution in [0, 0.1) is 0 Å². The van der Waals surface area contributed by atoms with E-state index >= 15 is 0 Å². The van der Waals surface area contributed by atoms with Gasteiger partial charge in [0.2, 0.25) is 0 Å². The summed E-state index contributed by atoms with van der Waals surface area (Å²) in [7, 11) is 0. The Morgan fingerprint density at radius 1 is 1.35 bits per heavy atom. The lowest BCUT2D eigenvalue weighted by Crippen LogP contribution is -2.27. The Balaban J connectivity index is 1.97. The lowest BCUT2D eigenvalue weighted by atomic mass is 9.94. The van der Waals surface area contributed by atoms with Crippen molar-refractivity contribution in [3.8, 4) is 0 Å². The molecule has 1 aromatic rings. The number of nitrogens with two attached hydrogens (primary N) is 1. The molecule has 0 atom stereocenters. The van der Waals surface area contributed by atoms with Crippen LogP contribution >= 0.6 is 11.3 Å². The molecule has 0 aliphatic heterocycles. The number of carbonyl (C=O) groups is 2. The van der Waals surface area contributed by atoms with Crippen LogP contribution in [-0.2, 0) is 6.42 Å². The molecule has 3 rings (SSSR count). The van der Waals surface area contributed by atoms with Crippen LogP contribution in [0.5, 0.6) is 0 Å². The minimum atomic E-state index is -0.0998. The fourth-order valence-electron chi connectivity index (χ4n) is 2.22. The van der Waals surface area contributed by atoms with Crippen molar-refractivity contribution < 1.29 is 9.59 Å². The van der Waals surface area contributed by atoms with Gasteiger partial charge in [-0.05, 0) is 31.2 Å². The Morgan fingerprint density at radius 2 is 2.12 bits per heavy atom. The molecule has 0 bridgehead atoms. The summed E-state index contributed by atoms with van der Waals surface area (Å²) in [6.45, 7) is 0. The summed E-state index contributed by atoms with van der Waals surface area (Å²) in [6.07, 6.45) is 4.30. The van der Waals surface area contributed by atoms with Crippen LogP contribution in [0.3, 0.4) is 0 Å². The Labute approximate surface area is 103 Å². The number of ketones is 1. The molecule has 4 nitrogen and oxygen atoms in total. The molecule has 1 heterocycles. The molecule has 2 aliphatic carbocycles. The van der Waals surface area contributed by atoms with E-state index in [1.807, 2.05) is 0 Å². The number of hydrogen-bond acceptors (Lipinski definition) is 4. The average Bonchev–Trinajstić information content (AvgIpc) is 3.00. The average molecular weight is 250 g/mol. The van der Waals surface area contributed by atoms with Crippen LogP contribution in [0.4, 0.5) is 5.00 Å². The quantitative estimate of drug-likeness (QED) is 0.839. The summed E-state index contributed by atoms with van der Waals surface area (Å²) in [5.41, 5.74) is 7.32. The van der Waals surface area contributed by atoms with Crippen LogP contribution in [0.15, 0.2) is 0 Å². The van der Waals surface area contributed by atoms with Gasteiger partial charge < -0.3 is 11.1 Å². The molecule has 0 spiro atoms. The molecule has 3 N–H and O–H groups in total. The minimum Gasteiger partial charge on any atom is -0.390 e. The molecule has 0 radical (unpaired) electrons. The van der Waals surface area contributed by atoms with Gasteiger partial charge in [0.05, 0.1) is 15.4 Å². The molecule has 2 aliphatic rings. The second-order valence-corrected chi connectivity index (χ2v) is 5.73. The maximum Gasteiger partial charge on any atom is 0.254 e. The summed E-state index contributed by atoms with van der Waals surface area (Å²) in [4.78, 5) is 24.5. The third kappa shape index (κ3) is 1.84. The lowest BCUT2D eigenvalue weighted by Gasteiger charge is -2.11. The van der Waals surface area contributed by atoms with Gasteiger partial charge in [0.25, 0.3) is 5.91 Å². The SMILES string of the molecule is Nc1sc2c(c1C(=O)NC1CC1)CCCC2=O. The molecule has 1 saturated carbocycles. The number of thiophene rings is 1. The third-order valence-corrected chi connectivity index (χ3v) is 4.36. The van der Waals surface area contributed by atoms with Crippen LogP contribution in [0.25, 0.3) is 0 Å². The van der Waals surface area contributed by atoms with E-state index in [0.717, 1.165) is 31.2 Å². The molecule has 1 aromatic heterocycles. The van der Waals surface area contributed by atoms with Crippen molar-refractivity contribution in [1.82, 2.24) is 5.32 Å². The first-order chi connectivity index (χ1) is 8.16. The molecule has 0 saturated heterocycles. The molecule has 17 heavy (non-hydrogen) atoms. The normalized spacial score (nSPS) is 18.9. The van der Waals surface area contributed by atoms with Crippen LogP contribution in [0.2, 0.25) is 0 Å². The predicted molar refractivity (Wildman–Crippen MR) is 66.5 cm³/mol. The molecular weight excluding hydrogens is 236 g/mol. The summed E-state index contributed by atoms with van der Waals surface area (Å²) in [6, 6.07) is 0.316. The van der Waals surface area contributed by atoms with Crippen LogP contribution < -0.4 is 11.1 Å². The van der Waals surface area contributed by atoms with Gasteiger partial charge in [0.1, 0.15) is 0 Å². The van der Waals surface area contributed by atoms with Gasteiger partial charge in [-0.1, -0.05) is 0 Å². The second-order valence-electron chi connectivity index (χ2n) is 4.67. The number of hydrogen-bond donors (Lipinski definition) is 2. The molecule has 5 heteroatoms. The Bertz CT molecular complexity index is 503. The first kappa shape index (κ1) is 10.8. The number of Topliss-reactive ketones (excluding diaryl/α,β-unsaturated/α-hetero) is 1. The van der Waals surface area contributed by atoms with Gasteiger partial charge in [-0.15, -0.1) is 11.3 Å². The van der Waals surface area contributed by atoms with Gasteiger partial charge in [0.15, 0.2) is 5.78 Å². The minimum absolute atomic E-state index is 0.0998. The van der Waals surface area contributed by atoms with Gasteiger partial charge in [-0.3, -0.25) is 9.59 Å². The Hall–Kier alpha value is -1.36. The van der Waals surface area contributed by atoms with E-state index < -0.39 is 0 Å². The van der Waals surface area contributed by atoms with E-state index in [0.29, 0.717) is 27.9 Å². The van der Waals surface area contributed by atoms with Crippen molar-refractivity contribution in [1.29, 1.82) is 0 Å². The molecular formula is C12H14N2O2S. The van der Waals surface area contributed by atoms with Gasteiger partial charge >= 0.3 is 0 Å². The van der Waals surface area contributed by atoms with Crippen molar-refractivity contribution in [3.05, 3.63) is 16.0 Å². The topological polar surface area (TPSA) is 72.2 Å². The van der Waals surface area contributed by atoms with Crippen molar-refractivity contribution in [2.24, 2.45) is 0 Å². The number of anilines is 1. The van der Waals surface area contributed by atoms with Crippen molar-refractivity contribution in [2.75, 3.05) is 5.73 Å². The highest BCUT2D eigenvalue weighted by Gasteiger charge is 2.31. The summed E-state index contributed by atoms with van der Waals surface area (Å²) in [5, 5.41) is 3.43. The highest BCUT2D eigenvalue weighted by atomic mass is 32.1. The number of rotatable bonds is 2. The van der Waals surface area contributed by atoms with Crippen molar-refractivity contribution in [3.63, 3.8) is 0 Å². The standard InChI is InChI=1S/C12H14N2O2S/c13-11-9(12(16)14-6-4-5-6)7-2-1-3-8(15)10(7)17-11/h6H,1-5,13H2,(H,14,16). The van der Waals surface area contributed by atoms with E-state index in [1.54, 1.807) is 0 Å². The van der Waals surface area contributed by atoms with E-state index in [2.05, 4.69) is 5.32 Å². The monoisotopic (exact) mass is 250 g/mol. The van der Waals surface area contributed by atoms with E-state index in [-0.39, 0.29) is 11.7 Å². The zero-order valence-electron chi connectivity index (χ0n) is 9.41. The predicted octanol–water partition coefficient (Wildman–Crippen LogP) is 1.74. The zero-order valence-corrected chi connectivity index (χ0v) is 10.2. The van der Waals surface area contributed by atoms with Crippen molar-refractivity contribution >= 4 is 28.0 Å². The maximum atomic E-state index is 12.1. The second kappa shape index (κ2) is 3.84. The zero-order chi connectivity index (χ0) is 12.0. The largest absolute Gasteiger partial charge is 0.390 e. The van der Waals surface area contributed by atoms with Gasteiger partial charge in [0, 0.05) is 12.5 Å². The van der Waals surface area contributed by atoms with Crippen LogP contribution in [0.1, 0.15) is 51.3 Å². The first-order valence-electron chi connectivity index (χ1n) is 5.92. The highest BCUT2D eigenvalue weighted by molar-refractivity contribution is 7.18. The van der Waals surface area contributed by atoms with E-state index in [1.165, 1.54) is 11.3 Å². The highest BCUT2D eigenvalue weighted by Crippen LogP contribution is 2.36. The smallest absolute Gasteiger partial charge is 0.254 e. The van der Waals surface area contributed by atoms with E-state index in [4.69, 9.17) is 5.73 Å². The Kier molecular flexibility index (Phi) is 2.43. The number of amides is 1. The number of fused-ring (bicyclic) bond motifs is 1. The molecule has 1 amide bonds. The molecule has 1 fully saturated rings. The van der Waals surface area contributed by atoms with Crippen LogP contribution in [-0.4, -0.2) is 17.7 Å². The summed E-state index contributed by atoms with van der Waals surface area (Å²) >= 11 is 1.27. The summed E-state index contributed by atoms with van der Waals surface area (Å²) in [5.74, 6) is 0.0330. The lowest BCUT2D eigenvalue weighted by molar-refractivity contribution is 0.0951. The maximum absolute atomic E-state index is 12.1. The number of nitrogens with one attached hydrogen (secondary N) is 1. The number of carbonyl (C=O) groups excluding carboxylic acids is 2. The fourth-order valence-corrected chi connectivity index (χ4v) is 3.30. The fraction of sp³-hybridized carbons (Fsp3) is 0.500. The Morgan fingerprint density at radius 3 is 2.82 bits per heavy atom. The number of nitrogen functional groups attached to an aromatic ring is 1. The van der Waals surface area contributed by atoms with Gasteiger partial charge in [-0.2, -0.15) is 0 Å². The van der Waals surface area contributed by atoms with Crippen molar-refractivity contribution in [2.45, 2.75) is 38.1 Å². The molecule has 90 valence electrons. The molecule has 0 unspecified atom stereocenters. The summed E-state index contributed by atoms with van der Waals surface area (Å²) < 4.78 is 0. The first-order valence-corrected chi connectivity index (χ1v) is 6.73. The van der Waals surface area contributed by atoms with E-state index in [9.17, 15) is 9.59 Å². The van der Waals surface area contributed by atoms with Gasteiger partial charge in [-0.25, -0.2) is 0 Å². The third-order valence-electron chi connectivity index (χ3n) is 3.26. The molecule has 0 aromatic carbocycles.